The van der Waals surface area contributed by atoms with Crippen LogP contribution in [0.15, 0.2) is 48.5 Å². The molecule has 2 atom stereocenters. The number of benzene rings is 2. The molecular weight excluding hydrogens is 261 g/mol. The number of rotatable bonds is 3. The molecule has 0 aromatic heterocycles. The van der Waals surface area contributed by atoms with Crippen molar-refractivity contribution >= 4 is 0 Å². The predicted octanol–water partition coefficient (Wildman–Crippen LogP) is 4.07. The Morgan fingerprint density at radius 2 is 1.95 bits per heavy atom. The standard InChI is InChI=1S/C19H22FN/c1-14-11-16(7-8-19(14)20)18-9-10-21-13-17(18)12-15-5-3-2-4-6-15/h2-8,11,17-18,21H,9-10,12-13H2,1H3. The molecule has 0 aliphatic carbocycles. The van der Waals surface area contributed by atoms with Crippen LogP contribution in [0.3, 0.4) is 0 Å². The highest BCUT2D eigenvalue weighted by atomic mass is 19.1. The van der Waals surface area contributed by atoms with E-state index in [0.717, 1.165) is 31.5 Å². The van der Waals surface area contributed by atoms with Gasteiger partial charge in [0.25, 0.3) is 0 Å². The molecule has 0 radical (unpaired) electrons. The van der Waals surface area contributed by atoms with E-state index in [1.54, 1.807) is 6.07 Å². The zero-order chi connectivity index (χ0) is 14.7. The maximum absolute atomic E-state index is 13.5. The van der Waals surface area contributed by atoms with Gasteiger partial charge in [0.2, 0.25) is 0 Å². The maximum Gasteiger partial charge on any atom is 0.126 e. The summed E-state index contributed by atoms with van der Waals surface area (Å²) < 4.78 is 13.5. The lowest BCUT2D eigenvalue weighted by Gasteiger charge is -2.33. The van der Waals surface area contributed by atoms with Crippen molar-refractivity contribution in [1.29, 1.82) is 0 Å². The van der Waals surface area contributed by atoms with Crippen LogP contribution < -0.4 is 5.32 Å². The largest absolute Gasteiger partial charge is 0.316 e. The first-order valence-corrected chi connectivity index (χ1v) is 7.75. The third-order valence-electron chi connectivity index (χ3n) is 4.56. The molecule has 1 N–H and O–H groups in total. The van der Waals surface area contributed by atoms with Crippen LogP contribution in [0.2, 0.25) is 0 Å². The molecule has 2 heteroatoms. The molecule has 1 saturated heterocycles. The van der Waals surface area contributed by atoms with Crippen molar-refractivity contribution in [2.24, 2.45) is 5.92 Å². The van der Waals surface area contributed by atoms with E-state index >= 15 is 0 Å². The Balaban J connectivity index is 1.82. The van der Waals surface area contributed by atoms with Crippen molar-refractivity contribution < 1.29 is 4.39 Å². The molecule has 1 aliphatic heterocycles. The lowest BCUT2D eigenvalue weighted by atomic mass is 9.78. The molecule has 0 amide bonds. The lowest BCUT2D eigenvalue weighted by Crippen LogP contribution is -2.36. The Morgan fingerprint density at radius 1 is 1.14 bits per heavy atom. The van der Waals surface area contributed by atoms with Crippen LogP contribution in [-0.2, 0) is 6.42 Å². The Kier molecular flexibility index (Phi) is 4.35. The summed E-state index contributed by atoms with van der Waals surface area (Å²) >= 11 is 0. The van der Waals surface area contributed by atoms with Crippen molar-refractivity contribution in [3.8, 4) is 0 Å². The van der Waals surface area contributed by atoms with Crippen LogP contribution in [0, 0.1) is 18.7 Å². The Hall–Kier alpha value is -1.67. The minimum absolute atomic E-state index is 0.104. The van der Waals surface area contributed by atoms with Gasteiger partial charge in [0.1, 0.15) is 5.82 Å². The molecule has 0 saturated carbocycles. The second-order valence-corrected chi connectivity index (χ2v) is 6.06. The summed E-state index contributed by atoms with van der Waals surface area (Å²) in [5.41, 5.74) is 3.43. The summed E-state index contributed by atoms with van der Waals surface area (Å²) in [6, 6.07) is 16.3. The van der Waals surface area contributed by atoms with Crippen LogP contribution in [-0.4, -0.2) is 13.1 Å². The fourth-order valence-corrected chi connectivity index (χ4v) is 3.39. The predicted molar refractivity (Wildman–Crippen MR) is 85.0 cm³/mol. The molecule has 2 unspecified atom stereocenters. The van der Waals surface area contributed by atoms with E-state index < -0.39 is 0 Å². The third-order valence-corrected chi connectivity index (χ3v) is 4.56. The van der Waals surface area contributed by atoms with E-state index in [1.807, 2.05) is 19.1 Å². The molecule has 1 heterocycles. The van der Waals surface area contributed by atoms with Crippen molar-refractivity contribution in [2.45, 2.75) is 25.7 Å². The van der Waals surface area contributed by atoms with E-state index in [0.29, 0.717) is 11.8 Å². The zero-order valence-corrected chi connectivity index (χ0v) is 12.5. The van der Waals surface area contributed by atoms with Gasteiger partial charge in [0.05, 0.1) is 0 Å². The van der Waals surface area contributed by atoms with Gasteiger partial charge >= 0.3 is 0 Å². The van der Waals surface area contributed by atoms with Crippen molar-refractivity contribution in [1.82, 2.24) is 5.32 Å². The van der Waals surface area contributed by atoms with Gasteiger partial charge in [-0.25, -0.2) is 4.39 Å². The number of halogens is 1. The molecule has 0 spiro atoms. The quantitative estimate of drug-likeness (QED) is 0.895. The molecule has 3 rings (SSSR count). The molecule has 110 valence electrons. The highest BCUT2D eigenvalue weighted by molar-refractivity contribution is 5.28. The van der Waals surface area contributed by atoms with Crippen LogP contribution >= 0.6 is 0 Å². The molecule has 1 aliphatic rings. The zero-order valence-electron chi connectivity index (χ0n) is 12.5. The van der Waals surface area contributed by atoms with Gasteiger partial charge in [-0.2, -0.15) is 0 Å². The van der Waals surface area contributed by atoms with E-state index in [9.17, 15) is 4.39 Å². The first-order valence-electron chi connectivity index (χ1n) is 7.75. The minimum atomic E-state index is -0.104. The first kappa shape index (κ1) is 14.3. The number of hydrogen-bond donors (Lipinski definition) is 1. The van der Waals surface area contributed by atoms with E-state index in [2.05, 4.69) is 35.6 Å². The molecule has 0 bridgehead atoms. The highest BCUT2D eigenvalue weighted by Crippen LogP contribution is 2.33. The van der Waals surface area contributed by atoms with Crippen LogP contribution in [0.4, 0.5) is 4.39 Å². The Labute approximate surface area is 126 Å². The van der Waals surface area contributed by atoms with Crippen LogP contribution in [0.1, 0.15) is 29.0 Å². The maximum atomic E-state index is 13.5. The van der Waals surface area contributed by atoms with Gasteiger partial charge < -0.3 is 5.32 Å². The lowest BCUT2D eigenvalue weighted by molar-refractivity contribution is 0.324. The SMILES string of the molecule is Cc1cc(C2CCNCC2Cc2ccccc2)ccc1F. The Bertz CT molecular complexity index is 594. The summed E-state index contributed by atoms with van der Waals surface area (Å²) in [6.07, 6.45) is 2.21. The van der Waals surface area contributed by atoms with Gasteiger partial charge in [-0.15, -0.1) is 0 Å². The third kappa shape index (κ3) is 3.33. The van der Waals surface area contributed by atoms with E-state index in [1.165, 1.54) is 11.1 Å². The molecular formula is C19H22FN. The molecule has 1 nitrogen and oxygen atoms in total. The topological polar surface area (TPSA) is 12.0 Å². The Morgan fingerprint density at radius 3 is 2.71 bits per heavy atom. The van der Waals surface area contributed by atoms with Crippen LogP contribution in [0.25, 0.3) is 0 Å². The smallest absolute Gasteiger partial charge is 0.126 e. The van der Waals surface area contributed by atoms with Crippen molar-refractivity contribution in [3.05, 3.63) is 71.0 Å². The summed E-state index contributed by atoms with van der Waals surface area (Å²) in [5.74, 6) is 0.990. The molecule has 1 fully saturated rings. The number of aryl methyl sites for hydroxylation is 1. The number of nitrogens with one attached hydrogen (secondary N) is 1. The average Bonchev–Trinajstić information content (AvgIpc) is 2.52. The van der Waals surface area contributed by atoms with Crippen molar-refractivity contribution in [2.75, 3.05) is 13.1 Å². The summed E-state index contributed by atoms with van der Waals surface area (Å²) in [4.78, 5) is 0. The van der Waals surface area contributed by atoms with E-state index in [-0.39, 0.29) is 5.82 Å². The van der Waals surface area contributed by atoms with Gasteiger partial charge in [0.15, 0.2) is 0 Å². The van der Waals surface area contributed by atoms with Gasteiger partial charge in [-0.1, -0.05) is 42.5 Å². The fraction of sp³-hybridized carbons (Fsp3) is 0.368. The molecule has 21 heavy (non-hydrogen) atoms. The molecule has 2 aromatic carbocycles. The number of hydrogen-bond acceptors (Lipinski definition) is 1. The van der Waals surface area contributed by atoms with Crippen molar-refractivity contribution in [3.63, 3.8) is 0 Å². The fourth-order valence-electron chi connectivity index (χ4n) is 3.39. The monoisotopic (exact) mass is 283 g/mol. The normalized spacial score (nSPS) is 22.2. The molecule has 2 aromatic rings. The second kappa shape index (κ2) is 6.40. The van der Waals surface area contributed by atoms with Crippen LogP contribution in [0.5, 0.6) is 0 Å². The second-order valence-electron chi connectivity index (χ2n) is 6.06. The van der Waals surface area contributed by atoms with Gasteiger partial charge in [-0.3, -0.25) is 0 Å². The number of piperidine rings is 1. The average molecular weight is 283 g/mol. The first-order chi connectivity index (χ1) is 10.2. The summed E-state index contributed by atoms with van der Waals surface area (Å²) in [5, 5.41) is 3.51. The highest BCUT2D eigenvalue weighted by Gasteiger charge is 2.26. The van der Waals surface area contributed by atoms with Gasteiger partial charge in [0, 0.05) is 0 Å². The van der Waals surface area contributed by atoms with E-state index in [4.69, 9.17) is 0 Å². The summed E-state index contributed by atoms with van der Waals surface area (Å²) in [6.45, 7) is 3.94. The minimum Gasteiger partial charge on any atom is -0.316 e. The van der Waals surface area contributed by atoms with Gasteiger partial charge in [-0.05, 0) is 67.4 Å². The summed E-state index contributed by atoms with van der Waals surface area (Å²) in [7, 11) is 0.